The van der Waals surface area contributed by atoms with Gasteiger partial charge in [-0.2, -0.15) is 9.97 Å². The van der Waals surface area contributed by atoms with Gasteiger partial charge in [0.2, 0.25) is 21.9 Å². The van der Waals surface area contributed by atoms with Gasteiger partial charge in [0.1, 0.15) is 11.6 Å². The molecule has 2 aliphatic carbocycles. The summed E-state index contributed by atoms with van der Waals surface area (Å²) in [6.45, 7) is 0.735. The maximum atomic E-state index is 12.1. The highest BCUT2D eigenvalue weighted by molar-refractivity contribution is 7.89. The number of carbonyl (C=O) groups excluding carboxylic acids is 1. The third-order valence-corrected chi connectivity index (χ3v) is 7.10. The normalized spacial score (nSPS) is 25.8. The van der Waals surface area contributed by atoms with Crippen molar-refractivity contribution in [2.45, 2.75) is 23.8 Å². The molecule has 1 fully saturated rings. The number of anilines is 4. The molecule has 2 aromatic rings. The molecule has 0 saturated heterocycles. The Bertz CT molecular complexity index is 1200. The summed E-state index contributed by atoms with van der Waals surface area (Å²) in [4.78, 5) is 21.2. The van der Waals surface area contributed by atoms with E-state index in [4.69, 9.17) is 10.9 Å². The lowest BCUT2D eigenvalue weighted by Crippen LogP contribution is -2.41. The molecule has 162 valence electrons. The predicted molar refractivity (Wildman–Crippen MR) is 116 cm³/mol. The monoisotopic (exact) mass is 441 g/mol. The Balaban J connectivity index is 1.46. The van der Waals surface area contributed by atoms with Gasteiger partial charge < -0.3 is 21.7 Å². The van der Waals surface area contributed by atoms with Gasteiger partial charge in [-0.15, -0.1) is 0 Å². The Morgan fingerprint density at radius 3 is 2.77 bits per heavy atom. The second-order valence-corrected chi connectivity index (χ2v) is 9.71. The van der Waals surface area contributed by atoms with Gasteiger partial charge in [-0.05, 0) is 42.9 Å². The van der Waals surface area contributed by atoms with Crippen LogP contribution in [0.3, 0.4) is 0 Å². The van der Waals surface area contributed by atoms with E-state index in [1.807, 2.05) is 0 Å². The fraction of sp³-hybridized carbons (Fsp3) is 0.350. The summed E-state index contributed by atoms with van der Waals surface area (Å²) >= 11 is 0. The first kappa shape index (κ1) is 19.8. The molecule has 2 heterocycles. The van der Waals surface area contributed by atoms with E-state index in [1.54, 1.807) is 12.1 Å². The van der Waals surface area contributed by atoms with Crippen LogP contribution >= 0.6 is 0 Å². The van der Waals surface area contributed by atoms with Crippen LogP contribution in [-0.2, 0) is 21.2 Å². The van der Waals surface area contributed by atoms with Crippen LogP contribution < -0.4 is 26.8 Å². The first-order valence-corrected chi connectivity index (χ1v) is 11.6. The van der Waals surface area contributed by atoms with E-state index in [0.717, 1.165) is 24.9 Å². The van der Waals surface area contributed by atoms with Crippen molar-refractivity contribution in [2.75, 3.05) is 22.5 Å². The van der Waals surface area contributed by atoms with E-state index in [1.165, 1.54) is 12.1 Å². The number of sulfonamides is 1. The number of nitrogens with two attached hydrogens (primary N) is 2. The molecule has 3 aliphatic rings. The number of primary sulfonamides is 1. The summed E-state index contributed by atoms with van der Waals surface area (Å²) < 4.78 is 23.3. The quantitative estimate of drug-likeness (QED) is 0.413. The van der Waals surface area contributed by atoms with Crippen LogP contribution in [0, 0.1) is 17.8 Å². The van der Waals surface area contributed by atoms with Crippen molar-refractivity contribution in [1.29, 1.82) is 0 Å². The minimum Gasteiger partial charge on any atom is -0.369 e. The van der Waals surface area contributed by atoms with E-state index in [9.17, 15) is 13.2 Å². The molecule has 4 unspecified atom stereocenters. The van der Waals surface area contributed by atoms with Crippen LogP contribution in [0.4, 0.5) is 23.3 Å². The van der Waals surface area contributed by atoms with Gasteiger partial charge in [0.05, 0.1) is 10.8 Å². The second kappa shape index (κ2) is 7.20. The maximum absolute atomic E-state index is 12.1. The van der Waals surface area contributed by atoms with Gasteiger partial charge in [-0.1, -0.05) is 18.2 Å². The van der Waals surface area contributed by atoms with Crippen molar-refractivity contribution in [3.63, 3.8) is 0 Å². The average molecular weight is 442 g/mol. The molecule has 1 aromatic heterocycles. The molecule has 1 saturated carbocycles. The van der Waals surface area contributed by atoms with Crippen molar-refractivity contribution in [2.24, 2.45) is 28.6 Å². The predicted octanol–water partition coefficient (Wildman–Crippen LogP) is 0.923. The van der Waals surface area contributed by atoms with Crippen molar-refractivity contribution >= 4 is 39.2 Å². The highest BCUT2D eigenvalue weighted by Crippen LogP contribution is 2.45. The molecule has 10 nitrogen and oxygen atoms in total. The number of hydrogen-bond donors (Lipinski definition) is 5. The largest absolute Gasteiger partial charge is 0.369 e. The topological polar surface area (TPSA) is 165 Å². The van der Waals surface area contributed by atoms with E-state index in [0.29, 0.717) is 23.3 Å². The zero-order valence-electron chi connectivity index (χ0n) is 16.6. The Kier molecular flexibility index (Phi) is 4.59. The first-order valence-electron chi connectivity index (χ1n) is 10.1. The van der Waals surface area contributed by atoms with Crippen LogP contribution in [0.25, 0.3) is 0 Å². The van der Waals surface area contributed by atoms with Gasteiger partial charge in [-0.3, -0.25) is 4.79 Å². The molecular weight excluding hydrogens is 418 g/mol. The highest BCUT2D eigenvalue weighted by Gasteiger charge is 2.47. The van der Waals surface area contributed by atoms with Gasteiger partial charge in [0.25, 0.3) is 0 Å². The lowest BCUT2D eigenvalue weighted by molar-refractivity contribution is -0.122. The fourth-order valence-electron chi connectivity index (χ4n) is 4.79. The SMILES string of the molecule is NC(=O)C1C2C=CC(C2)C1Nc1nc(Nc2cccc(S(N)(=O)=O)c2)nc2c1CCN2. The van der Waals surface area contributed by atoms with Crippen molar-refractivity contribution in [3.8, 4) is 0 Å². The Hall–Kier alpha value is -3.18. The number of fused-ring (bicyclic) bond motifs is 3. The molecule has 1 aromatic carbocycles. The molecule has 0 radical (unpaired) electrons. The number of aromatic nitrogens is 2. The third-order valence-electron chi connectivity index (χ3n) is 6.18. The molecule has 11 heteroatoms. The number of allylic oxidation sites excluding steroid dienone is 1. The summed E-state index contributed by atoms with van der Waals surface area (Å²) in [6.07, 6.45) is 5.88. The van der Waals surface area contributed by atoms with Crippen LogP contribution in [0.2, 0.25) is 0 Å². The number of nitrogens with zero attached hydrogens (tertiary/aromatic N) is 2. The number of rotatable bonds is 6. The number of benzene rings is 1. The average Bonchev–Trinajstić information content (AvgIpc) is 3.43. The lowest BCUT2D eigenvalue weighted by Gasteiger charge is -2.28. The van der Waals surface area contributed by atoms with E-state index >= 15 is 0 Å². The Labute approximate surface area is 179 Å². The van der Waals surface area contributed by atoms with E-state index in [-0.39, 0.29) is 34.6 Å². The van der Waals surface area contributed by atoms with Crippen LogP contribution in [0.5, 0.6) is 0 Å². The Morgan fingerprint density at radius 1 is 1.19 bits per heavy atom. The first-order chi connectivity index (χ1) is 14.8. The molecule has 2 bridgehead atoms. The second-order valence-electron chi connectivity index (χ2n) is 8.14. The van der Waals surface area contributed by atoms with Crippen molar-refractivity contribution in [1.82, 2.24) is 9.97 Å². The fourth-order valence-corrected chi connectivity index (χ4v) is 5.35. The summed E-state index contributed by atoms with van der Waals surface area (Å²) in [7, 11) is -3.83. The van der Waals surface area contributed by atoms with Crippen LogP contribution in [-0.4, -0.2) is 36.9 Å². The molecular formula is C20H23N7O3S. The standard InChI is InChI=1S/C20H23N7O3S/c21-17(28)15-10-4-5-11(8-10)16(15)25-19-14-6-7-23-18(14)26-20(27-19)24-12-2-1-3-13(9-12)31(22,29)30/h1-5,9-11,15-16H,6-8H2,(H2,21,28)(H2,22,29,30)(H3,23,24,25,26,27). The van der Waals surface area contributed by atoms with Gasteiger partial charge in [0.15, 0.2) is 0 Å². The summed E-state index contributed by atoms with van der Waals surface area (Å²) in [6, 6.07) is 6.02. The number of amides is 1. The van der Waals surface area contributed by atoms with Crippen LogP contribution in [0.1, 0.15) is 12.0 Å². The molecule has 1 aliphatic heterocycles. The van der Waals surface area contributed by atoms with Crippen molar-refractivity contribution < 1.29 is 13.2 Å². The molecule has 5 rings (SSSR count). The maximum Gasteiger partial charge on any atom is 0.238 e. The van der Waals surface area contributed by atoms with Gasteiger partial charge in [0, 0.05) is 23.8 Å². The smallest absolute Gasteiger partial charge is 0.238 e. The number of hydrogen-bond acceptors (Lipinski definition) is 8. The van der Waals surface area contributed by atoms with Crippen molar-refractivity contribution in [3.05, 3.63) is 42.0 Å². The number of carbonyl (C=O) groups is 1. The van der Waals surface area contributed by atoms with E-state index < -0.39 is 10.0 Å². The minimum atomic E-state index is -3.83. The molecule has 4 atom stereocenters. The minimum absolute atomic E-state index is 0.00629. The summed E-state index contributed by atoms with van der Waals surface area (Å²) in [5, 5.41) is 15.0. The Morgan fingerprint density at radius 2 is 2.00 bits per heavy atom. The highest BCUT2D eigenvalue weighted by atomic mass is 32.2. The number of primary amides is 1. The summed E-state index contributed by atoms with van der Waals surface area (Å²) in [5.41, 5.74) is 7.14. The third kappa shape index (κ3) is 3.59. The number of nitrogens with one attached hydrogen (secondary N) is 3. The molecule has 7 N–H and O–H groups in total. The molecule has 31 heavy (non-hydrogen) atoms. The molecule has 1 amide bonds. The zero-order valence-corrected chi connectivity index (χ0v) is 17.4. The van der Waals surface area contributed by atoms with Gasteiger partial charge in [-0.25, -0.2) is 13.6 Å². The van der Waals surface area contributed by atoms with E-state index in [2.05, 4.69) is 38.1 Å². The summed E-state index contributed by atoms with van der Waals surface area (Å²) in [5.74, 6) is 1.46. The molecule has 0 spiro atoms. The van der Waals surface area contributed by atoms with Crippen LogP contribution in [0.15, 0.2) is 41.3 Å². The zero-order chi connectivity index (χ0) is 21.8. The lowest BCUT2D eigenvalue weighted by atomic mass is 9.88. The van der Waals surface area contributed by atoms with Gasteiger partial charge >= 0.3 is 0 Å².